The van der Waals surface area contributed by atoms with Crippen LogP contribution in [-0.2, 0) is 6.54 Å². The van der Waals surface area contributed by atoms with Crippen LogP contribution in [0, 0.1) is 0 Å². The van der Waals surface area contributed by atoms with Crippen LogP contribution in [0.15, 0.2) is 18.6 Å². The summed E-state index contributed by atoms with van der Waals surface area (Å²) in [5.74, 6) is 0. The van der Waals surface area contributed by atoms with Gasteiger partial charge in [-0.05, 0) is 6.92 Å². The second-order valence-electron chi connectivity index (χ2n) is 2.66. The van der Waals surface area contributed by atoms with Gasteiger partial charge in [-0.2, -0.15) is 0 Å². The van der Waals surface area contributed by atoms with Crippen LogP contribution in [0.5, 0.6) is 0 Å². The molecule has 1 rings (SSSR count). The Bertz CT molecular complexity index is 215. The summed E-state index contributed by atoms with van der Waals surface area (Å²) in [5, 5.41) is 11.8. The molecule has 4 nitrogen and oxygen atoms in total. The van der Waals surface area contributed by atoms with E-state index in [-0.39, 0.29) is 12.6 Å². The highest BCUT2D eigenvalue weighted by Crippen LogP contribution is 1.89. The van der Waals surface area contributed by atoms with Crippen molar-refractivity contribution >= 4 is 0 Å². The molecule has 0 spiro atoms. The van der Waals surface area contributed by atoms with Gasteiger partial charge in [-0.1, -0.05) is 0 Å². The lowest BCUT2D eigenvalue weighted by Crippen LogP contribution is -2.28. The summed E-state index contributed by atoms with van der Waals surface area (Å²) < 4.78 is 0. The van der Waals surface area contributed by atoms with Crippen LogP contribution >= 0.6 is 0 Å². The van der Waals surface area contributed by atoms with E-state index in [0.717, 1.165) is 5.69 Å². The number of aliphatic hydroxyl groups excluding tert-OH is 1. The Balaban J connectivity index is 2.33. The zero-order valence-corrected chi connectivity index (χ0v) is 7.07. The van der Waals surface area contributed by atoms with Crippen molar-refractivity contribution in [1.82, 2.24) is 15.3 Å². The standard InChI is InChI=1S/C8H13N3O/c1-7(6-12)11-5-8-4-9-2-3-10-8/h2-4,7,11-12H,5-6H2,1H3/t7-/m1/s1. The summed E-state index contributed by atoms with van der Waals surface area (Å²) in [6, 6.07) is 0.104. The summed E-state index contributed by atoms with van der Waals surface area (Å²) in [6.07, 6.45) is 5.00. The lowest BCUT2D eigenvalue weighted by Gasteiger charge is -2.08. The first kappa shape index (κ1) is 9.09. The molecule has 0 bridgehead atoms. The van der Waals surface area contributed by atoms with Crippen molar-refractivity contribution in [3.63, 3.8) is 0 Å². The van der Waals surface area contributed by atoms with Gasteiger partial charge in [-0.3, -0.25) is 9.97 Å². The number of nitrogens with zero attached hydrogens (tertiary/aromatic N) is 2. The first-order valence-corrected chi connectivity index (χ1v) is 3.92. The number of aromatic nitrogens is 2. The third kappa shape index (κ3) is 2.94. The van der Waals surface area contributed by atoms with Crippen LogP contribution in [0.25, 0.3) is 0 Å². The van der Waals surface area contributed by atoms with Crippen LogP contribution in [0.2, 0.25) is 0 Å². The second-order valence-corrected chi connectivity index (χ2v) is 2.66. The highest BCUT2D eigenvalue weighted by atomic mass is 16.3. The van der Waals surface area contributed by atoms with E-state index >= 15 is 0 Å². The average Bonchev–Trinajstić information content (AvgIpc) is 2.16. The van der Waals surface area contributed by atoms with Crippen LogP contribution in [0.3, 0.4) is 0 Å². The highest BCUT2D eigenvalue weighted by molar-refractivity contribution is 4.93. The quantitative estimate of drug-likeness (QED) is 0.660. The molecule has 0 aliphatic carbocycles. The number of nitrogens with one attached hydrogen (secondary N) is 1. The molecular formula is C8H13N3O. The van der Waals surface area contributed by atoms with Crippen molar-refractivity contribution in [1.29, 1.82) is 0 Å². The van der Waals surface area contributed by atoms with Crippen molar-refractivity contribution in [2.45, 2.75) is 19.5 Å². The van der Waals surface area contributed by atoms with Crippen LogP contribution in [-0.4, -0.2) is 27.7 Å². The Labute approximate surface area is 71.7 Å². The Kier molecular flexibility index (Phi) is 3.63. The van der Waals surface area contributed by atoms with Gasteiger partial charge in [0.15, 0.2) is 0 Å². The predicted molar refractivity (Wildman–Crippen MR) is 45.4 cm³/mol. The van der Waals surface area contributed by atoms with Gasteiger partial charge in [0.05, 0.1) is 12.3 Å². The summed E-state index contributed by atoms with van der Waals surface area (Å²) in [6.45, 7) is 2.70. The Morgan fingerprint density at radius 2 is 2.42 bits per heavy atom. The third-order valence-corrected chi connectivity index (χ3v) is 1.52. The fourth-order valence-electron chi connectivity index (χ4n) is 0.765. The van der Waals surface area contributed by atoms with Gasteiger partial charge in [-0.25, -0.2) is 0 Å². The number of hydrogen-bond acceptors (Lipinski definition) is 4. The maximum Gasteiger partial charge on any atom is 0.0724 e. The lowest BCUT2D eigenvalue weighted by molar-refractivity contribution is 0.250. The third-order valence-electron chi connectivity index (χ3n) is 1.52. The number of rotatable bonds is 4. The molecule has 0 aliphatic heterocycles. The van der Waals surface area contributed by atoms with Gasteiger partial charge in [-0.15, -0.1) is 0 Å². The molecule has 0 saturated carbocycles. The van der Waals surface area contributed by atoms with Crippen molar-refractivity contribution in [2.24, 2.45) is 0 Å². The van der Waals surface area contributed by atoms with Crippen molar-refractivity contribution in [2.75, 3.05) is 6.61 Å². The van der Waals surface area contributed by atoms with E-state index in [0.29, 0.717) is 6.54 Å². The molecule has 0 aliphatic rings. The van der Waals surface area contributed by atoms with Crippen LogP contribution in [0.1, 0.15) is 12.6 Å². The van der Waals surface area contributed by atoms with Gasteiger partial charge < -0.3 is 10.4 Å². The zero-order chi connectivity index (χ0) is 8.81. The largest absolute Gasteiger partial charge is 0.395 e. The SMILES string of the molecule is C[C@H](CO)NCc1cnccn1. The average molecular weight is 167 g/mol. The molecule has 1 atom stereocenters. The highest BCUT2D eigenvalue weighted by Gasteiger charge is 1.98. The molecule has 0 radical (unpaired) electrons. The topological polar surface area (TPSA) is 58.0 Å². The molecule has 0 fully saturated rings. The molecule has 0 aromatic carbocycles. The molecule has 4 heteroatoms. The van der Waals surface area contributed by atoms with Gasteiger partial charge in [0, 0.05) is 31.2 Å². The minimum Gasteiger partial charge on any atom is -0.395 e. The number of aliphatic hydroxyl groups is 1. The molecule has 66 valence electrons. The van der Waals surface area contributed by atoms with Gasteiger partial charge in [0.25, 0.3) is 0 Å². The van der Waals surface area contributed by atoms with E-state index in [2.05, 4.69) is 15.3 Å². The van der Waals surface area contributed by atoms with E-state index in [9.17, 15) is 0 Å². The first-order chi connectivity index (χ1) is 5.83. The molecule has 2 N–H and O–H groups in total. The van der Waals surface area contributed by atoms with Crippen LogP contribution < -0.4 is 5.32 Å². The minimum atomic E-state index is 0.104. The molecule has 0 unspecified atom stereocenters. The van der Waals surface area contributed by atoms with E-state index < -0.39 is 0 Å². The normalized spacial score (nSPS) is 12.8. The molecule has 1 heterocycles. The van der Waals surface area contributed by atoms with Gasteiger partial charge in [0.2, 0.25) is 0 Å². The molecule has 1 aromatic heterocycles. The monoisotopic (exact) mass is 167 g/mol. The Hall–Kier alpha value is -1.00. The maximum absolute atomic E-state index is 8.71. The smallest absolute Gasteiger partial charge is 0.0724 e. The molecule has 0 amide bonds. The van der Waals surface area contributed by atoms with E-state index in [4.69, 9.17) is 5.11 Å². The van der Waals surface area contributed by atoms with Crippen molar-refractivity contribution in [3.8, 4) is 0 Å². The van der Waals surface area contributed by atoms with Gasteiger partial charge >= 0.3 is 0 Å². The molecule has 12 heavy (non-hydrogen) atoms. The summed E-state index contributed by atoms with van der Waals surface area (Å²) in [7, 11) is 0. The van der Waals surface area contributed by atoms with E-state index in [1.807, 2.05) is 6.92 Å². The molecule has 1 aromatic rings. The predicted octanol–water partition coefficient (Wildman–Crippen LogP) is -0.0530. The van der Waals surface area contributed by atoms with Crippen molar-refractivity contribution in [3.05, 3.63) is 24.3 Å². The fraction of sp³-hybridized carbons (Fsp3) is 0.500. The molecule has 0 saturated heterocycles. The Morgan fingerprint density at radius 1 is 1.58 bits per heavy atom. The summed E-state index contributed by atoms with van der Waals surface area (Å²) >= 11 is 0. The van der Waals surface area contributed by atoms with Crippen LogP contribution in [0.4, 0.5) is 0 Å². The number of hydrogen-bond donors (Lipinski definition) is 2. The summed E-state index contributed by atoms with van der Waals surface area (Å²) in [4.78, 5) is 8.00. The lowest BCUT2D eigenvalue weighted by atomic mass is 10.3. The zero-order valence-electron chi connectivity index (χ0n) is 7.07. The van der Waals surface area contributed by atoms with Crippen molar-refractivity contribution < 1.29 is 5.11 Å². The van der Waals surface area contributed by atoms with E-state index in [1.165, 1.54) is 0 Å². The fourth-order valence-corrected chi connectivity index (χ4v) is 0.765. The Morgan fingerprint density at radius 3 is 3.00 bits per heavy atom. The van der Waals surface area contributed by atoms with Gasteiger partial charge in [0.1, 0.15) is 0 Å². The summed E-state index contributed by atoms with van der Waals surface area (Å²) in [5.41, 5.74) is 0.887. The first-order valence-electron chi connectivity index (χ1n) is 3.92. The van der Waals surface area contributed by atoms with E-state index in [1.54, 1.807) is 18.6 Å². The maximum atomic E-state index is 8.71. The molecular weight excluding hydrogens is 154 g/mol. The second kappa shape index (κ2) is 4.79. The minimum absolute atomic E-state index is 0.104.